The van der Waals surface area contributed by atoms with Gasteiger partial charge >= 0.3 is 0 Å². The SMILES string of the molecule is Cc1cc(C)n(CCc2nnc(NC(=O)Cc3c(C)[nH]c4c(C)ccc(C)c34)s2)n1. The fraction of sp³-hybridized carbons (Fsp3) is 0.364. The fourth-order valence-corrected chi connectivity index (χ4v) is 4.61. The highest BCUT2D eigenvalue weighted by atomic mass is 32.1. The first-order valence-corrected chi connectivity index (χ1v) is 10.8. The average Bonchev–Trinajstić information content (AvgIpc) is 3.35. The van der Waals surface area contributed by atoms with E-state index in [-0.39, 0.29) is 5.91 Å². The minimum absolute atomic E-state index is 0.0823. The van der Waals surface area contributed by atoms with Gasteiger partial charge in [-0.2, -0.15) is 5.10 Å². The Balaban J connectivity index is 1.43. The minimum Gasteiger partial charge on any atom is -0.358 e. The van der Waals surface area contributed by atoms with Crippen LogP contribution in [0, 0.1) is 34.6 Å². The molecule has 0 radical (unpaired) electrons. The molecule has 4 aromatic rings. The summed E-state index contributed by atoms with van der Waals surface area (Å²) in [6.07, 6.45) is 1.03. The molecule has 0 saturated carbocycles. The van der Waals surface area contributed by atoms with Crippen LogP contribution in [0.15, 0.2) is 18.2 Å². The Bertz CT molecular complexity index is 1230. The molecule has 156 valence electrons. The van der Waals surface area contributed by atoms with E-state index < -0.39 is 0 Å². The number of amides is 1. The van der Waals surface area contributed by atoms with Crippen molar-refractivity contribution in [2.45, 2.75) is 54.0 Å². The number of carbonyl (C=O) groups excluding carboxylic acids is 1. The van der Waals surface area contributed by atoms with Crippen LogP contribution in [0.3, 0.4) is 0 Å². The van der Waals surface area contributed by atoms with Crippen molar-refractivity contribution in [3.05, 3.63) is 57.0 Å². The van der Waals surface area contributed by atoms with Crippen molar-refractivity contribution < 1.29 is 4.79 Å². The molecule has 0 fully saturated rings. The van der Waals surface area contributed by atoms with E-state index in [0.29, 0.717) is 11.6 Å². The summed E-state index contributed by atoms with van der Waals surface area (Å²) < 4.78 is 1.97. The van der Waals surface area contributed by atoms with Crippen molar-refractivity contribution in [2.24, 2.45) is 0 Å². The second-order valence-electron chi connectivity index (χ2n) is 7.80. The monoisotopic (exact) mass is 422 g/mol. The number of H-pyrrole nitrogens is 1. The number of nitrogens with zero attached hydrogens (tertiary/aromatic N) is 4. The lowest BCUT2D eigenvalue weighted by Gasteiger charge is -2.05. The number of nitrogens with one attached hydrogen (secondary N) is 2. The number of hydrogen-bond donors (Lipinski definition) is 2. The van der Waals surface area contributed by atoms with Gasteiger partial charge in [0.05, 0.1) is 12.1 Å². The smallest absolute Gasteiger partial charge is 0.230 e. The summed E-state index contributed by atoms with van der Waals surface area (Å²) >= 11 is 1.42. The van der Waals surface area contributed by atoms with Gasteiger partial charge in [-0.3, -0.25) is 9.48 Å². The van der Waals surface area contributed by atoms with Crippen LogP contribution in [0.1, 0.15) is 38.8 Å². The molecule has 4 rings (SSSR count). The molecule has 7 nitrogen and oxygen atoms in total. The summed E-state index contributed by atoms with van der Waals surface area (Å²) in [4.78, 5) is 16.1. The summed E-state index contributed by atoms with van der Waals surface area (Å²) in [5, 5.41) is 18.3. The maximum atomic E-state index is 12.7. The first kappa shape index (κ1) is 20.3. The van der Waals surface area contributed by atoms with Crippen LogP contribution in [0.4, 0.5) is 5.13 Å². The van der Waals surface area contributed by atoms with Gasteiger partial charge in [-0.25, -0.2) is 0 Å². The summed E-state index contributed by atoms with van der Waals surface area (Å²) in [5.74, 6) is -0.0823. The minimum atomic E-state index is -0.0823. The van der Waals surface area contributed by atoms with Gasteiger partial charge in [0.1, 0.15) is 5.01 Å². The van der Waals surface area contributed by atoms with Crippen molar-refractivity contribution in [3.8, 4) is 0 Å². The predicted octanol–water partition coefficient (Wildman–Crippen LogP) is 4.18. The topological polar surface area (TPSA) is 88.5 Å². The van der Waals surface area contributed by atoms with E-state index in [0.717, 1.165) is 51.5 Å². The Morgan fingerprint density at radius 2 is 1.90 bits per heavy atom. The standard InChI is InChI=1S/C22H26N6OS/c1-12-6-7-13(2)21-20(12)17(16(5)23-21)11-18(29)24-22-26-25-19(30-22)8-9-28-15(4)10-14(3)27-28/h6-7,10,23H,8-9,11H2,1-5H3,(H,24,26,29). The van der Waals surface area contributed by atoms with Gasteiger partial charge in [-0.05, 0) is 57.4 Å². The van der Waals surface area contributed by atoms with Crippen molar-refractivity contribution in [2.75, 3.05) is 5.32 Å². The lowest BCUT2D eigenvalue weighted by atomic mass is 10.0. The Labute approximate surface area is 179 Å². The van der Waals surface area contributed by atoms with Gasteiger partial charge in [0, 0.05) is 35.3 Å². The van der Waals surface area contributed by atoms with Gasteiger partial charge in [-0.15, -0.1) is 10.2 Å². The van der Waals surface area contributed by atoms with Crippen molar-refractivity contribution in [1.82, 2.24) is 25.0 Å². The molecule has 1 amide bonds. The maximum Gasteiger partial charge on any atom is 0.230 e. The zero-order chi connectivity index (χ0) is 21.4. The number of aromatic amines is 1. The van der Waals surface area contributed by atoms with E-state index in [2.05, 4.69) is 57.6 Å². The lowest BCUT2D eigenvalue weighted by Crippen LogP contribution is -2.14. The molecule has 0 saturated heterocycles. The molecule has 0 aliphatic carbocycles. The third-order valence-electron chi connectivity index (χ3n) is 5.38. The number of benzene rings is 1. The summed E-state index contributed by atoms with van der Waals surface area (Å²) in [6.45, 7) is 11.0. The second kappa shape index (κ2) is 8.02. The van der Waals surface area contributed by atoms with E-state index in [1.54, 1.807) is 0 Å². The summed E-state index contributed by atoms with van der Waals surface area (Å²) in [7, 11) is 0. The third-order valence-corrected chi connectivity index (χ3v) is 6.28. The largest absolute Gasteiger partial charge is 0.358 e. The van der Waals surface area contributed by atoms with Crippen LogP contribution in [-0.2, 0) is 24.2 Å². The zero-order valence-electron chi connectivity index (χ0n) is 18.0. The number of carbonyl (C=O) groups is 1. The normalized spacial score (nSPS) is 11.4. The number of anilines is 1. The van der Waals surface area contributed by atoms with Gasteiger partial charge in [0.25, 0.3) is 0 Å². The molecule has 0 unspecified atom stereocenters. The molecule has 2 N–H and O–H groups in total. The number of aromatic nitrogens is 5. The zero-order valence-corrected chi connectivity index (χ0v) is 18.8. The molecule has 3 aromatic heterocycles. The second-order valence-corrected chi connectivity index (χ2v) is 8.87. The van der Waals surface area contributed by atoms with Crippen LogP contribution >= 0.6 is 11.3 Å². The Morgan fingerprint density at radius 3 is 2.63 bits per heavy atom. The van der Waals surface area contributed by atoms with Crippen LogP contribution in [0.2, 0.25) is 0 Å². The van der Waals surface area contributed by atoms with Crippen molar-refractivity contribution in [3.63, 3.8) is 0 Å². The number of hydrogen-bond acceptors (Lipinski definition) is 5. The summed E-state index contributed by atoms with van der Waals surface area (Å²) in [6, 6.07) is 6.26. The molecule has 0 atom stereocenters. The Morgan fingerprint density at radius 1 is 1.13 bits per heavy atom. The Kier molecular flexibility index (Phi) is 5.42. The van der Waals surface area contributed by atoms with Crippen molar-refractivity contribution >= 4 is 33.3 Å². The highest BCUT2D eigenvalue weighted by Crippen LogP contribution is 2.28. The molecule has 0 spiro atoms. The molecule has 30 heavy (non-hydrogen) atoms. The molecule has 3 heterocycles. The number of rotatable bonds is 6. The molecule has 1 aromatic carbocycles. The van der Waals surface area contributed by atoms with Crippen LogP contribution < -0.4 is 5.32 Å². The van der Waals surface area contributed by atoms with E-state index in [9.17, 15) is 4.79 Å². The molecule has 8 heteroatoms. The fourth-order valence-electron chi connectivity index (χ4n) is 3.86. The lowest BCUT2D eigenvalue weighted by molar-refractivity contribution is -0.115. The van der Waals surface area contributed by atoms with Gasteiger partial charge < -0.3 is 10.3 Å². The number of aryl methyl sites for hydroxylation is 7. The van der Waals surface area contributed by atoms with E-state index in [4.69, 9.17) is 0 Å². The quantitative estimate of drug-likeness (QED) is 0.488. The van der Waals surface area contributed by atoms with E-state index in [1.807, 2.05) is 25.5 Å². The Hall–Kier alpha value is -3.00. The molecule has 0 aliphatic rings. The van der Waals surface area contributed by atoms with E-state index >= 15 is 0 Å². The average molecular weight is 423 g/mol. The van der Waals surface area contributed by atoms with Gasteiger partial charge in [0.15, 0.2) is 0 Å². The third kappa shape index (κ3) is 4.00. The van der Waals surface area contributed by atoms with Crippen molar-refractivity contribution in [1.29, 1.82) is 0 Å². The highest BCUT2D eigenvalue weighted by Gasteiger charge is 2.17. The first-order chi connectivity index (χ1) is 14.3. The predicted molar refractivity (Wildman–Crippen MR) is 120 cm³/mol. The first-order valence-electron chi connectivity index (χ1n) is 10.0. The molecule has 0 aliphatic heterocycles. The van der Waals surface area contributed by atoms with Crippen LogP contribution in [-0.4, -0.2) is 30.9 Å². The van der Waals surface area contributed by atoms with E-state index in [1.165, 1.54) is 22.5 Å². The maximum absolute atomic E-state index is 12.7. The van der Waals surface area contributed by atoms with Crippen LogP contribution in [0.25, 0.3) is 10.9 Å². The number of fused-ring (bicyclic) bond motifs is 1. The summed E-state index contributed by atoms with van der Waals surface area (Å²) in [5.41, 5.74) is 7.67. The molecule has 0 bridgehead atoms. The van der Waals surface area contributed by atoms with Crippen LogP contribution in [0.5, 0.6) is 0 Å². The van der Waals surface area contributed by atoms with Gasteiger partial charge in [-0.1, -0.05) is 23.5 Å². The molecular formula is C22H26N6OS. The highest BCUT2D eigenvalue weighted by molar-refractivity contribution is 7.15. The van der Waals surface area contributed by atoms with Gasteiger partial charge in [0.2, 0.25) is 11.0 Å². The molecular weight excluding hydrogens is 396 g/mol.